The SMILES string of the molecule is O=C(O)NC[C@@H](CC1CCCC1)C(=O)NNc1nc(Cl)nc(N2CCC[C@@H]2CF)c1F. The van der Waals surface area contributed by atoms with E-state index in [4.69, 9.17) is 16.7 Å². The van der Waals surface area contributed by atoms with Gasteiger partial charge in [0.15, 0.2) is 11.6 Å². The third kappa shape index (κ3) is 6.05. The van der Waals surface area contributed by atoms with Crippen molar-refractivity contribution in [2.45, 2.75) is 51.0 Å². The van der Waals surface area contributed by atoms with E-state index in [1.54, 1.807) is 0 Å². The number of nitrogens with one attached hydrogen (secondary N) is 3. The van der Waals surface area contributed by atoms with E-state index in [9.17, 15) is 18.4 Å². The number of hydrogen-bond donors (Lipinski definition) is 4. The van der Waals surface area contributed by atoms with Crippen LogP contribution in [0.25, 0.3) is 0 Å². The quantitative estimate of drug-likeness (QED) is 0.330. The van der Waals surface area contributed by atoms with Crippen molar-refractivity contribution in [1.82, 2.24) is 20.7 Å². The lowest BCUT2D eigenvalue weighted by atomic mass is 9.92. The Labute approximate surface area is 183 Å². The summed E-state index contributed by atoms with van der Waals surface area (Å²) >= 11 is 5.93. The fraction of sp³-hybridized carbons (Fsp3) is 0.684. The highest BCUT2D eigenvalue weighted by Gasteiger charge is 2.30. The first-order chi connectivity index (χ1) is 14.9. The number of rotatable bonds is 9. The van der Waals surface area contributed by atoms with Crippen LogP contribution in [0, 0.1) is 17.7 Å². The number of carbonyl (C=O) groups is 2. The highest BCUT2D eigenvalue weighted by atomic mass is 35.5. The predicted octanol–water partition coefficient (Wildman–Crippen LogP) is 3.11. The maximum Gasteiger partial charge on any atom is 0.404 e. The summed E-state index contributed by atoms with van der Waals surface area (Å²) in [5, 5.41) is 10.9. The Hall–Kier alpha value is -2.43. The number of nitrogens with zero attached hydrogens (tertiary/aromatic N) is 3. The first-order valence-corrected chi connectivity index (χ1v) is 10.8. The van der Waals surface area contributed by atoms with Gasteiger partial charge in [-0.05, 0) is 36.8 Å². The summed E-state index contributed by atoms with van der Waals surface area (Å²) in [5.41, 5.74) is 4.84. The van der Waals surface area contributed by atoms with Gasteiger partial charge in [-0.15, -0.1) is 0 Å². The van der Waals surface area contributed by atoms with E-state index in [-0.39, 0.29) is 23.5 Å². The van der Waals surface area contributed by atoms with Gasteiger partial charge in [0.05, 0.1) is 12.0 Å². The van der Waals surface area contributed by atoms with Crippen LogP contribution in [0.4, 0.5) is 25.2 Å². The Balaban J connectivity index is 1.69. The van der Waals surface area contributed by atoms with E-state index in [0.29, 0.717) is 31.7 Å². The minimum Gasteiger partial charge on any atom is -0.465 e. The van der Waals surface area contributed by atoms with E-state index in [1.165, 1.54) is 4.90 Å². The van der Waals surface area contributed by atoms with Crippen LogP contribution in [-0.4, -0.2) is 52.9 Å². The van der Waals surface area contributed by atoms with Gasteiger partial charge in [-0.2, -0.15) is 14.4 Å². The second-order valence-corrected chi connectivity index (χ2v) is 8.34. The van der Waals surface area contributed by atoms with Crippen LogP contribution in [0.2, 0.25) is 5.28 Å². The minimum absolute atomic E-state index is 0.0520. The Morgan fingerprint density at radius 1 is 1.23 bits per heavy atom. The fourth-order valence-corrected chi connectivity index (χ4v) is 4.49. The van der Waals surface area contributed by atoms with Gasteiger partial charge in [0.1, 0.15) is 6.67 Å². The van der Waals surface area contributed by atoms with Crippen LogP contribution in [0.5, 0.6) is 0 Å². The van der Waals surface area contributed by atoms with Crippen molar-refractivity contribution in [3.8, 4) is 0 Å². The maximum atomic E-state index is 15.0. The molecule has 172 valence electrons. The van der Waals surface area contributed by atoms with E-state index in [1.807, 2.05) is 0 Å². The summed E-state index contributed by atoms with van der Waals surface area (Å²) in [6, 6.07) is -0.485. The number of carbonyl (C=O) groups excluding carboxylic acids is 1. The second kappa shape index (κ2) is 10.7. The zero-order valence-electron chi connectivity index (χ0n) is 17.0. The molecule has 0 bridgehead atoms. The molecule has 1 aliphatic carbocycles. The van der Waals surface area contributed by atoms with Gasteiger partial charge in [0.2, 0.25) is 17.0 Å². The molecule has 1 saturated carbocycles. The Bertz CT molecular complexity index is 796. The van der Waals surface area contributed by atoms with E-state index in [0.717, 1.165) is 25.7 Å². The zero-order chi connectivity index (χ0) is 22.4. The number of amides is 2. The largest absolute Gasteiger partial charge is 0.465 e. The predicted molar refractivity (Wildman–Crippen MR) is 111 cm³/mol. The number of anilines is 2. The Kier molecular flexibility index (Phi) is 8.05. The van der Waals surface area contributed by atoms with Gasteiger partial charge < -0.3 is 15.3 Å². The molecule has 2 atom stereocenters. The highest BCUT2D eigenvalue weighted by molar-refractivity contribution is 6.28. The van der Waals surface area contributed by atoms with Crippen LogP contribution in [0.1, 0.15) is 44.9 Å². The molecule has 1 aromatic heterocycles. The van der Waals surface area contributed by atoms with Crippen LogP contribution in [0.3, 0.4) is 0 Å². The lowest BCUT2D eigenvalue weighted by Gasteiger charge is -2.25. The van der Waals surface area contributed by atoms with Gasteiger partial charge in [-0.1, -0.05) is 25.7 Å². The molecular weight excluding hydrogens is 434 g/mol. The molecule has 1 aromatic rings. The summed E-state index contributed by atoms with van der Waals surface area (Å²) in [6.07, 6.45) is 4.76. The molecule has 1 aliphatic heterocycles. The third-order valence-electron chi connectivity index (χ3n) is 5.90. The summed E-state index contributed by atoms with van der Waals surface area (Å²) in [7, 11) is 0. The average Bonchev–Trinajstić information content (AvgIpc) is 3.42. The molecule has 12 heteroatoms. The van der Waals surface area contributed by atoms with Crippen molar-refractivity contribution < 1.29 is 23.5 Å². The van der Waals surface area contributed by atoms with E-state index in [2.05, 4.69) is 26.1 Å². The lowest BCUT2D eigenvalue weighted by molar-refractivity contribution is -0.124. The van der Waals surface area contributed by atoms with Gasteiger partial charge in [-0.3, -0.25) is 15.6 Å². The molecule has 0 spiro atoms. The second-order valence-electron chi connectivity index (χ2n) is 8.01. The van der Waals surface area contributed by atoms with Crippen molar-refractivity contribution >= 4 is 35.2 Å². The monoisotopic (exact) mass is 460 g/mol. The average molecular weight is 461 g/mol. The summed E-state index contributed by atoms with van der Waals surface area (Å²) in [4.78, 5) is 32.8. The number of aromatic nitrogens is 2. The molecule has 31 heavy (non-hydrogen) atoms. The molecule has 2 amide bonds. The number of carboxylic acid groups (broad SMARTS) is 1. The first-order valence-electron chi connectivity index (χ1n) is 10.5. The number of alkyl halides is 1. The molecule has 2 heterocycles. The maximum absolute atomic E-state index is 15.0. The zero-order valence-corrected chi connectivity index (χ0v) is 17.8. The van der Waals surface area contributed by atoms with Crippen LogP contribution in [0.15, 0.2) is 0 Å². The standard InChI is InChI=1S/C19H27ClF2N6O3/c20-18-24-15(14(22)16(25-18)28-7-3-6-13(28)9-21)26-27-17(29)12(10-23-19(30)31)8-11-4-1-2-5-11/h11-13,23H,1-10H2,(H,27,29)(H,30,31)(H,24,25,26)/t12-,13-/m1/s1. The molecular formula is C19H27ClF2N6O3. The van der Waals surface area contributed by atoms with E-state index >= 15 is 0 Å². The normalized spacial score (nSPS) is 20.0. The van der Waals surface area contributed by atoms with Crippen LogP contribution in [-0.2, 0) is 4.79 Å². The van der Waals surface area contributed by atoms with Gasteiger partial charge in [0.25, 0.3) is 0 Å². The van der Waals surface area contributed by atoms with Crippen LogP contribution < -0.4 is 21.1 Å². The van der Waals surface area contributed by atoms with Crippen molar-refractivity contribution in [3.63, 3.8) is 0 Å². The van der Waals surface area contributed by atoms with Gasteiger partial charge >= 0.3 is 6.09 Å². The molecule has 2 aliphatic rings. The lowest BCUT2D eigenvalue weighted by Crippen LogP contribution is -2.42. The van der Waals surface area contributed by atoms with Gasteiger partial charge in [0, 0.05) is 13.1 Å². The van der Waals surface area contributed by atoms with Crippen molar-refractivity contribution in [2.24, 2.45) is 11.8 Å². The van der Waals surface area contributed by atoms with Crippen LogP contribution >= 0.6 is 11.6 Å². The number of halogens is 3. The number of hydrogen-bond acceptors (Lipinski definition) is 6. The molecule has 2 fully saturated rings. The fourth-order valence-electron chi connectivity index (χ4n) is 4.32. The Morgan fingerprint density at radius 3 is 2.65 bits per heavy atom. The Morgan fingerprint density at radius 2 is 1.97 bits per heavy atom. The molecule has 0 radical (unpaired) electrons. The number of hydrazine groups is 1. The molecule has 1 saturated heterocycles. The van der Waals surface area contributed by atoms with Crippen molar-refractivity contribution in [2.75, 3.05) is 30.1 Å². The van der Waals surface area contributed by atoms with Crippen molar-refractivity contribution in [1.29, 1.82) is 0 Å². The smallest absolute Gasteiger partial charge is 0.404 e. The summed E-state index contributed by atoms with van der Waals surface area (Å²) < 4.78 is 28.2. The molecule has 4 N–H and O–H groups in total. The first kappa shape index (κ1) is 23.2. The van der Waals surface area contributed by atoms with E-state index < -0.39 is 36.5 Å². The molecule has 9 nitrogen and oxygen atoms in total. The molecule has 3 rings (SSSR count). The van der Waals surface area contributed by atoms with Crippen molar-refractivity contribution in [3.05, 3.63) is 11.1 Å². The minimum atomic E-state index is -1.22. The summed E-state index contributed by atoms with van der Waals surface area (Å²) in [5.74, 6) is -2.07. The molecule has 0 aromatic carbocycles. The summed E-state index contributed by atoms with van der Waals surface area (Å²) in [6.45, 7) is -0.251. The topological polar surface area (TPSA) is 119 Å². The third-order valence-corrected chi connectivity index (χ3v) is 6.07. The van der Waals surface area contributed by atoms with Gasteiger partial charge in [-0.25, -0.2) is 9.18 Å². The molecule has 0 unspecified atom stereocenters. The highest BCUT2D eigenvalue weighted by Crippen LogP contribution is 2.31.